The average molecular weight is 336 g/mol. The van der Waals surface area contributed by atoms with Crippen molar-refractivity contribution in [1.82, 2.24) is 10.2 Å². The van der Waals surface area contributed by atoms with Crippen LogP contribution >= 0.6 is 11.6 Å². The summed E-state index contributed by atoms with van der Waals surface area (Å²) in [5.41, 5.74) is 0.923. The van der Waals surface area contributed by atoms with E-state index in [2.05, 4.69) is 10.6 Å². The Balaban J connectivity index is 2.10. The van der Waals surface area contributed by atoms with Crippen molar-refractivity contribution < 1.29 is 9.59 Å². The quantitative estimate of drug-likeness (QED) is 0.807. The summed E-state index contributed by atoms with van der Waals surface area (Å²) in [4.78, 5) is 26.2. The maximum atomic E-state index is 12.4. The molecule has 1 heterocycles. The molecule has 0 spiro atoms. The van der Waals surface area contributed by atoms with E-state index in [1.807, 2.05) is 26.0 Å². The molecule has 2 rings (SSSR count). The number of carbonyl (C=O) groups excluding carboxylic acids is 2. The van der Waals surface area contributed by atoms with Gasteiger partial charge < -0.3 is 15.5 Å². The Morgan fingerprint density at radius 3 is 2.83 bits per heavy atom. The van der Waals surface area contributed by atoms with Gasteiger partial charge in [-0.15, -0.1) is 0 Å². The van der Waals surface area contributed by atoms with Crippen LogP contribution in [0, 0.1) is 0 Å². The first-order chi connectivity index (χ1) is 11.1. The molecule has 5 nitrogen and oxygen atoms in total. The van der Waals surface area contributed by atoms with Crippen LogP contribution < -0.4 is 10.6 Å². The molecule has 0 fully saturated rings. The first-order valence-electron chi connectivity index (χ1n) is 7.88. The number of nitrogens with zero attached hydrogens (tertiary/aromatic N) is 1. The van der Waals surface area contributed by atoms with Crippen LogP contribution in [-0.4, -0.2) is 36.0 Å². The summed E-state index contributed by atoms with van der Waals surface area (Å²) in [5.74, 6) is -0.173. The Bertz CT molecular complexity index is 616. The second kappa shape index (κ2) is 8.02. The van der Waals surface area contributed by atoms with Crippen molar-refractivity contribution in [3.8, 4) is 0 Å². The molecule has 1 aromatic rings. The maximum Gasteiger partial charge on any atom is 0.322 e. The first-order valence-corrected chi connectivity index (χ1v) is 8.26. The van der Waals surface area contributed by atoms with Gasteiger partial charge in [0.25, 0.3) is 5.91 Å². The fourth-order valence-electron chi connectivity index (χ4n) is 2.45. The van der Waals surface area contributed by atoms with Crippen LogP contribution in [0.2, 0.25) is 5.02 Å². The zero-order valence-electron chi connectivity index (χ0n) is 13.4. The second-order valence-electron chi connectivity index (χ2n) is 5.44. The van der Waals surface area contributed by atoms with E-state index >= 15 is 0 Å². The Hall–Kier alpha value is -2.01. The van der Waals surface area contributed by atoms with Crippen molar-refractivity contribution in [1.29, 1.82) is 0 Å². The summed E-state index contributed by atoms with van der Waals surface area (Å²) in [7, 11) is 0. The Labute approximate surface area is 141 Å². The number of hydrogen-bond acceptors (Lipinski definition) is 2. The van der Waals surface area contributed by atoms with Gasteiger partial charge in [0.2, 0.25) is 0 Å². The van der Waals surface area contributed by atoms with Gasteiger partial charge in [0.15, 0.2) is 0 Å². The summed E-state index contributed by atoms with van der Waals surface area (Å²) in [6.45, 7) is 5.22. The van der Waals surface area contributed by atoms with Gasteiger partial charge >= 0.3 is 6.03 Å². The van der Waals surface area contributed by atoms with Crippen LogP contribution in [0.1, 0.15) is 37.0 Å². The highest BCUT2D eigenvalue weighted by Gasteiger charge is 2.23. The van der Waals surface area contributed by atoms with Crippen LogP contribution in [0.25, 0.3) is 0 Å². The van der Waals surface area contributed by atoms with Gasteiger partial charge in [-0.3, -0.25) is 4.79 Å². The molecule has 0 saturated carbocycles. The smallest absolute Gasteiger partial charge is 0.322 e. The first kappa shape index (κ1) is 17.3. The molecular formula is C17H22ClN3O2. The molecule has 0 unspecified atom stereocenters. The molecular weight excluding hydrogens is 314 g/mol. The van der Waals surface area contributed by atoms with Gasteiger partial charge in [-0.25, -0.2) is 4.79 Å². The molecule has 0 aromatic heterocycles. The average Bonchev–Trinajstić information content (AvgIpc) is 3.03. The van der Waals surface area contributed by atoms with Crippen LogP contribution in [-0.2, 0) is 0 Å². The van der Waals surface area contributed by atoms with E-state index in [0.29, 0.717) is 29.4 Å². The van der Waals surface area contributed by atoms with Gasteiger partial charge in [-0.1, -0.05) is 37.6 Å². The summed E-state index contributed by atoms with van der Waals surface area (Å²) < 4.78 is 0. The number of nitrogens with one attached hydrogen (secondary N) is 2. The molecule has 0 radical (unpaired) electrons. The molecule has 6 heteroatoms. The summed E-state index contributed by atoms with van der Waals surface area (Å²) >= 11 is 6.15. The van der Waals surface area contributed by atoms with Crippen molar-refractivity contribution >= 4 is 29.2 Å². The van der Waals surface area contributed by atoms with E-state index in [1.165, 1.54) is 0 Å². The van der Waals surface area contributed by atoms with Crippen molar-refractivity contribution in [2.24, 2.45) is 0 Å². The fraction of sp³-hybridized carbons (Fsp3) is 0.412. The second-order valence-corrected chi connectivity index (χ2v) is 5.84. The third-order valence-corrected chi connectivity index (χ3v) is 4.08. The fourth-order valence-corrected chi connectivity index (χ4v) is 2.62. The molecule has 23 heavy (non-hydrogen) atoms. The van der Waals surface area contributed by atoms with Crippen LogP contribution in [0.4, 0.5) is 10.5 Å². The Morgan fingerprint density at radius 1 is 1.35 bits per heavy atom. The van der Waals surface area contributed by atoms with Crippen LogP contribution in [0.15, 0.2) is 30.4 Å². The molecule has 124 valence electrons. The number of urea groups is 1. The molecule has 1 aromatic carbocycles. The summed E-state index contributed by atoms with van der Waals surface area (Å²) in [6.07, 6.45) is 5.72. The predicted molar refractivity (Wildman–Crippen MR) is 93.0 cm³/mol. The largest absolute Gasteiger partial charge is 0.352 e. The normalized spacial score (nSPS) is 16.5. The van der Waals surface area contributed by atoms with Crippen LogP contribution in [0.5, 0.6) is 0 Å². The highest BCUT2D eigenvalue weighted by Crippen LogP contribution is 2.24. The van der Waals surface area contributed by atoms with Gasteiger partial charge in [0.05, 0.1) is 16.8 Å². The lowest BCUT2D eigenvalue weighted by Crippen LogP contribution is -2.39. The van der Waals surface area contributed by atoms with Gasteiger partial charge in [-0.05, 0) is 31.0 Å². The van der Waals surface area contributed by atoms with Crippen LogP contribution in [0.3, 0.4) is 0 Å². The minimum Gasteiger partial charge on any atom is -0.352 e. The Kier molecular flexibility index (Phi) is 6.04. The third kappa shape index (κ3) is 4.26. The van der Waals surface area contributed by atoms with E-state index in [1.54, 1.807) is 23.1 Å². The zero-order chi connectivity index (χ0) is 16.8. The molecule has 0 saturated heterocycles. The molecule has 1 atom stereocenters. The van der Waals surface area contributed by atoms with E-state index in [9.17, 15) is 9.59 Å². The maximum absolute atomic E-state index is 12.4. The lowest BCUT2D eigenvalue weighted by atomic mass is 10.2. The minimum absolute atomic E-state index is 0.102. The number of rotatable bonds is 5. The van der Waals surface area contributed by atoms with E-state index in [0.717, 1.165) is 12.8 Å². The number of hydrogen-bond donors (Lipinski definition) is 2. The van der Waals surface area contributed by atoms with Gasteiger partial charge in [0, 0.05) is 18.7 Å². The lowest BCUT2D eigenvalue weighted by molar-refractivity contribution is 0.0953. The monoisotopic (exact) mass is 335 g/mol. The van der Waals surface area contributed by atoms with Crippen molar-refractivity contribution in [2.45, 2.75) is 32.7 Å². The zero-order valence-corrected chi connectivity index (χ0v) is 14.2. The molecule has 3 amide bonds. The Morgan fingerprint density at radius 2 is 2.13 bits per heavy atom. The standard InChI is InChI=1S/C17H22ClN3O2/c1-3-9-19-16(22)12-7-8-14(18)15(11-12)20-17(23)21-10-5-6-13(21)4-2/h5-8,11,13H,3-4,9-10H2,1-2H3,(H,19,22)(H,20,23)/t13-/m1/s1. The van der Waals surface area contributed by atoms with Crippen molar-refractivity contribution in [3.05, 3.63) is 40.9 Å². The van der Waals surface area contributed by atoms with E-state index in [-0.39, 0.29) is 18.0 Å². The van der Waals surface area contributed by atoms with Gasteiger partial charge in [-0.2, -0.15) is 0 Å². The summed E-state index contributed by atoms with van der Waals surface area (Å²) in [5, 5.41) is 6.02. The highest BCUT2D eigenvalue weighted by atomic mass is 35.5. The predicted octanol–water partition coefficient (Wildman–Crippen LogP) is 3.66. The van der Waals surface area contributed by atoms with E-state index < -0.39 is 0 Å². The molecule has 0 bridgehead atoms. The highest BCUT2D eigenvalue weighted by molar-refractivity contribution is 6.33. The minimum atomic E-state index is -0.213. The van der Waals surface area contributed by atoms with E-state index in [4.69, 9.17) is 11.6 Å². The number of halogens is 1. The number of carbonyl (C=O) groups is 2. The van der Waals surface area contributed by atoms with Crippen molar-refractivity contribution in [3.63, 3.8) is 0 Å². The van der Waals surface area contributed by atoms with Gasteiger partial charge in [0.1, 0.15) is 0 Å². The molecule has 2 N–H and O–H groups in total. The van der Waals surface area contributed by atoms with Crippen molar-refractivity contribution in [2.75, 3.05) is 18.4 Å². The topological polar surface area (TPSA) is 61.4 Å². The number of amides is 3. The molecule has 0 aliphatic carbocycles. The lowest BCUT2D eigenvalue weighted by Gasteiger charge is -2.24. The molecule has 1 aliphatic rings. The summed E-state index contributed by atoms with van der Waals surface area (Å²) in [6, 6.07) is 4.77. The molecule has 1 aliphatic heterocycles. The SMILES string of the molecule is CCCNC(=O)c1ccc(Cl)c(NC(=O)N2CC=C[C@H]2CC)c1. The third-order valence-electron chi connectivity index (χ3n) is 3.75. The number of anilines is 1. The number of benzene rings is 1.